The number of carboxylic acid groups (broad SMARTS) is 3. The Morgan fingerprint density at radius 3 is 0.931 bits per heavy atom. The Kier molecular flexibility index (Phi) is 50.4. The molecular weight excluding hydrogens is 1320 g/mol. The number of hydrogen-bond acceptors (Lipinski definition) is 18. The first-order chi connectivity index (χ1) is 39.1. The third-order valence-corrected chi connectivity index (χ3v) is 51.6. The molecule has 0 saturated heterocycles. The van der Waals surface area contributed by atoms with Crippen molar-refractivity contribution in [2.45, 2.75) is 228 Å². The van der Waals surface area contributed by atoms with Crippen LogP contribution in [0, 0.1) is 0 Å². The molecule has 0 atom stereocenters. The van der Waals surface area contributed by atoms with E-state index in [9.17, 15) is 24.0 Å². The fraction of sp³-hybridized carbons (Fsp3) is 0.759. The standard InChI is InChI=1S/C21H46O8Si4.C12H32O5Si4.C9H14O3.C8H26O3Si4.C4H6O2/c1-19(2)21(24)26-16-15-25-14-12-18-31(5,6)28-33(9,10)29-32(7,8)27-30(3,4)17-11-13-20(22)23;1-18(2)15-20(5,6)17-21(7,8)16-19(3,4)11-9-10-12(13)14;1-4-5-11-6-7-12-9(10)8(2)3;1-12(2)9-14(5,6)11-15(7,8)10-13(3)4;1-2-3-4(5)6/h1,11-18H2,2-10H3,(H,22,23);18H,9-11H2,1-8H3,(H,13,14);4H,1-2,5-7H2,3H3;12-13H,1-8H3;2H,1,3H2,(H,5,6). The Morgan fingerprint density at radius 2 is 0.678 bits per heavy atom. The summed E-state index contributed by atoms with van der Waals surface area (Å²) in [6.07, 6.45) is 5.62. The highest BCUT2D eigenvalue weighted by Crippen LogP contribution is 2.29. The largest absolute Gasteiger partial charge is 0.481 e. The molecular formula is C54H124O21Si12. The predicted octanol–water partition coefficient (Wildman–Crippen LogP) is 13.1. The quantitative estimate of drug-likeness (QED) is 0.0168. The van der Waals surface area contributed by atoms with Crippen LogP contribution in [0.1, 0.15) is 52.4 Å². The van der Waals surface area contributed by atoms with Crippen molar-refractivity contribution in [3.05, 3.63) is 49.6 Å². The number of carboxylic acids is 3. The first-order valence-corrected chi connectivity index (χ1v) is 64.6. The number of carbonyl (C=O) groups excluding carboxylic acids is 2. The summed E-state index contributed by atoms with van der Waals surface area (Å²) in [7, 11) is -22.1. The van der Waals surface area contributed by atoms with Gasteiger partial charge in [0.05, 0.1) is 26.2 Å². The van der Waals surface area contributed by atoms with Crippen LogP contribution in [0.3, 0.4) is 0 Å². The highest BCUT2D eigenvalue weighted by molar-refractivity contribution is 6.90. The zero-order chi connectivity index (χ0) is 69.5. The van der Waals surface area contributed by atoms with E-state index in [0.29, 0.717) is 50.4 Å². The molecule has 3 N–H and O–H groups in total. The van der Waals surface area contributed by atoms with Crippen LogP contribution in [0.4, 0.5) is 0 Å². The second kappa shape index (κ2) is 46.5. The first-order valence-electron chi connectivity index (χ1n) is 30.0. The minimum atomic E-state index is -2.42. The van der Waals surface area contributed by atoms with E-state index < -0.39 is 127 Å². The van der Waals surface area contributed by atoms with E-state index in [0.717, 1.165) is 24.6 Å². The summed E-state index contributed by atoms with van der Waals surface area (Å²) in [6, 6.07) is 2.59. The third-order valence-electron chi connectivity index (χ3n) is 10.2. The molecule has 33 heteroatoms. The number of esters is 2. The van der Waals surface area contributed by atoms with Crippen molar-refractivity contribution in [1.82, 2.24) is 0 Å². The average Bonchev–Trinajstić information content (AvgIpc) is 2.85. The van der Waals surface area contributed by atoms with Crippen molar-refractivity contribution in [2.75, 3.05) is 39.6 Å². The molecule has 0 aromatic heterocycles. The predicted molar refractivity (Wildman–Crippen MR) is 382 cm³/mol. The van der Waals surface area contributed by atoms with Crippen molar-refractivity contribution >= 4 is 133 Å². The molecule has 0 spiro atoms. The fourth-order valence-electron chi connectivity index (χ4n) is 8.72. The summed E-state index contributed by atoms with van der Waals surface area (Å²) < 4.78 is 76.7. The molecule has 0 amide bonds. The normalized spacial score (nSPS) is 12.5. The lowest BCUT2D eigenvalue weighted by atomic mass is 10.3. The van der Waals surface area contributed by atoms with Crippen LogP contribution < -0.4 is 0 Å². The molecule has 0 bridgehead atoms. The molecule has 0 aromatic carbocycles. The van der Waals surface area contributed by atoms with Gasteiger partial charge in [-0.15, -0.1) is 13.2 Å². The van der Waals surface area contributed by atoms with E-state index in [4.69, 9.17) is 71.3 Å². The topological polar surface area (TPSA) is 266 Å². The summed E-state index contributed by atoms with van der Waals surface area (Å²) in [5.74, 6) is -3.11. The van der Waals surface area contributed by atoms with E-state index in [1.165, 1.54) is 6.08 Å². The highest BCUT2D eigenvalue weighted by Gasteiger charge is 2.44. The van der Waals surface area contributed by atoms with Gasteiger partial charge in [-0.3, -0.25) is 14.4 Å². The Balaban J connectivity index is -0.000000355. The van der Waals surface area contributed by atoms with Crippen molar-refractivity contribution in [2.24, 2.45) is 0 Å². The van der Waals surface area contributed by atoms with Gasteiger partial charge in [0, 0.05) is 30.6 Å². The van der Waals surface area contributed by atoms with Gasteiger partial charge in [0.1, 0.15) is 13.2 Å². The van der Waals surface area contributed by atoms with Gasteiger partial charge >= 0.3 is 81.2 Å². The van der Waals surface area contributed by atoms with Crippen LogP contribution in [-0.4, -0.2) is 188 Å². The molecule has 0 unspecified atom stereocenters. The Bertz CT molecular complexity index is 2000. The molecule has 0 heterocycles. The van der Waals surface area contributed by atoms with Crippen molar-refractivity contribution < 1.29 is 95.3 Å². The second-order valence-corrected chi connectivity index (χ2v) is 69.0. The van der Waals surface area contributed by atoms with Crippen LogP contribution >= 0.6 is 0 Å². The molecule has 0 saturated carbocycles. The summed E-state index contributed by atoms with van der Waals surface area (Å²) in [5, 5.41) is 25.5. The lowest BCUT2D eigenvalue weighted by molar-refractivity contribution is -0.141. The van der Waals surface area contributed by atoms with E-state index in [1.807, 2.05) is 0 Å². The average molecular weight is 1450 g/mol. The molecule has 0 aliphatic carbocycles. The van der Waals surface area contributed by atoms with Gasteiger partial charge in [-0.1, -0.05) is 25.3 Å². The smallest absolute Gasteiger partial charge is 0.333 e. The SMILES string of the molecule is C=C(C)C(=O)OCCOCCC[Si](C)(C)O[Si](C)(C)O[Si](C)(C)O[Si](C)(C)CCCC(=O)O.C=CCC(=O)O.C=CCOCCOC(=O)C(=C)C.C[SiH](C)O[Si](C)(C)O[Si](C)(C)O[SiH](C)C.C[SiH](C)O[Si](C)(C)O[Si](C)(C)O[Si](C)(C)CCCC(=O)O. The molecule has 0 rings (SSSR count). The van der Waals surface area contributed by atoms with Gasteiger partial charge in [0.2, 0.25) is 0 Å². The maximum absolute atomic E-state index is 11.3. The molecule has 0 aliphatic rings. The molecule has 0 aliphatic heterocycles. The van der Waals surface area contributed by atoms with Gasteiger partial charge in [-0.25, -0.2) is 9.59 Å². The lowest BCUT2D eigenvalue weighted by Crippen LogP contribution is -2.56. The molecule has 0 aromatic rings. The number of ether oxygens (including phenoxy) is 4. The lowest BCUT2D eigenvalue weighted by Gasteiger charge is -2.41. The van der Waals surface area contributed by atoms with Gasteiger partial charge in [0.25, 0.3) is 0 Å². The third kappa shape index (κ3) is 67.2. The Morgan fingerprint density at radius 1 is 0.391 bits per heavy atom. The van der Waals surface area contributed by atoms with Crippen LogP contribution in [0.5, 0.6) is 0 Å². The minimum Gasteiger partial charge on any atom is -0.481 e. The number of hydrogen-bond donors (Lipinski definition) is 3. The zero-order valence-corrected chi connectivity index (χ0v) is 71.5. The van der Waals surface area contributed by atoms with E-state index >= 15 is 0 Å². The van der Waals surface area contributed by atoms with Crippen LogP contribution in [0.25, 0.3) is 0 Å². The Labute approximate surface area is 542 Å². The molecule has 21 nitrogen and oxygen atoms in total. The summed E-state index contributed by atoms with van der Waals surface area (Å²) in [5.41, 5.74) is 0.786. The zero-order valence-electron chi connectivity index (χ0n) is 59.0. The van der Waals surface area contributed by atoms with E-state index in [1.54, 1.807) is 19.9 Å². The number of aliphatic carboxylic acids is 3. The van der Waals surface area contributed by atoms with E-state index in [2.05, 4.69) is 183 Å². The summed E-state index contributed by atoms with van der Waals surface area (Å²) >= 11 is 0. The molecule has 514 valence electrons. The fourth-order valence-corrected chi connectivity index (χ4v) is 60.3. The van der Waals surface area contributed by atoms with Crippen molar-refractivity contribution in [3.63, 3.8) is 0 Å². The van der Waals surface area contributed by atoms with Crippen molar-refractivity contribution in [3.8, 4) is 0 Å². The van der Waals surface area contributed by atoms with E-state index in [-0.39, 0.29) is 38.4 Å². The highest BCUT2D eigenvalue weighted by atomic mass is 28.5. The molecule has 87 heavy (non-hydrogen) atoms. The number of carbonyl (C=O) groups is 5. The van der Waals surface area contributed by atoms with Gasteiger partial charge < -0.3 is 71.3 Å². The number of rotatable bonds is 42. The minimum absolute atomic E-state index is 0.0556. The van der Waals surface area contributed by atoms with Gasteiger partial charge in [-0.2, -0.15) is 0 Å². The summed E-state index contributed by atoms with van der Waals surface area (Å²) in [6.45, 7) is 70.2. The maximum Gasteiger partial charge on any atom is 0.333 e. The van der Waals surface area contributed by atoms with Crippen molar-refractivity contribution in [1.29, 1.82) is 0 Å². The van der Waals surface area contributed by atoms with Crippen LogP contribution in [0.15, 0.2) is 49.6 Å². The molecule has 0 fully saturated rings. The Hall–Kier alpha value is -1.53. The van der Waals surface area contributed by atoms with Crippen LogP contribution in [0.2, 0.25) is 175 Å². The first kappa shape index (κ1) is 94.2. The van der Waals surface area contributed by atoms with Gasteiger partial charge in [0.15, 0.2) is 52.1 Å². The van der Waals surface area contributed by atoms with Gasteiger partial charge in [-0.05, 0) is 208 Å². The monoisotopic (exact) mass is 1440 g/mol. The van der Waals surface area contributed by atoms with Crippen LogP contribution in [-0.2, 0) is 80.0 Å². The molecule has 0 radical (unpaired) electrons. The summed E-state index contributed by atoms with van der Waals surface area (Å²) in [4.78, 5) is 53.0. The maximum atomic E-state index is 11.3. The second-order valence-electron chi connectivity index (χ2n) is 26.1.